The van der Waals surface area contributed by atoms with Crippen molar-refractivity contribution in [2.75, 3.05) is 12.4 Å². The van der Waals surface area contributed by atoms with E-state index < -0.39 is 0 Å². The van der Waals surface area contributed by atoms with E-state index in [2.05, 4.69) is 62.4 Å². The number of hydrogen-bond acceptors (Lipinski definition) is 5. The number of anilines is 2. The van der Waals surface area contributed by atoms with Crippen LogP contribution < -0.4 is 10.1 Å². The first kappa shape index (κ1) is 20.1. The number of benzene rings is 2. The fraction of sp³-hybridized carbons (Fsp3) is 0.182. The lowest BCUT2D eigenvalue weighted by Gasteiger charge is -2.14. The molecule has 0 saturated carbocycles. The second-order valence-corrected chi connectivity index (χ2v) is 9.00. The molecule has 2 heterocycles. The van der Waals surface area contributed by atoms with Crippen LogP contribution in [-0.2, 0) is 6.42 Å². The van der Waals surface area contributed by atoms with Crippen LogP contribution in [-0.4, -0.2) is 17.1 Å². The molecule has 0 aliphatic heterocycles. The summed E-state index contributed by atoms with van der Waals surface area (Å²) in [5.41, 5.74) is 4.11. The maximum atomic E-state index is 6.27. The van der Waals surface area contributed by atoms with Crippen molar-refractivity contribution in [1.29, 1.82) is 0 Å². The summed E-state index contributed by atoms with van der Waals surface area (Å²) in [4.78, 5) is 11.3. The summed E-state index contributed by atoms with van der Waals surface area (Å²) in [5, 5.41) is 5.14. The summed E-state index contributed by atoms with van der Waals surface area (Å²) >= 11 is 11.5. The van der Waals surface area contributed by atoms with Crippen molar-refractivity contribution in [1.82, 2.24) is 9.97 Å². The van der Waals surface area contributed by atoms with Gasteiger partial charge in [0, 0.05) is 26.0 Å². The monoisotopic (exact) mass is 487 g/mol. The average Bonchev–Trinajstić information content (AvgIpc) is 3.11. The zero-order valence-electron chi connectivity index (χ0n) is 16.2. The van der Waals surface area contributed by atoms with E-state index in [1.807, 2.05) is 19.1 Å². The SMILES string of the molecule is CCc1sc2ncnc(Nc3cc(C)c(Cl)cc3OC)c2c1-c1ccc(Br)cc1. The van der Waals surface area contributed by atoms with E-state index in [4.69, 9.17) is 16.3 Å². The maximum Gasteiger partial charge on any atom is 0.143 e. The van der Waals surface area contributed by atoms with Gasteiger partial charge in [-0.1, -0.05) is 46.6 Å². The van der Waals surface area contributed by atoms with Gasteiger partial charge in [0.2, 0.25) is 0 Å². The van der Waals surface area contributed by atoms with Crippen molar-refractivity contribution in [3.63, 3.8) is 0 Å². The van der Waals surface area contributed by atoms with Crippen LogP contribution in [0.3, 0.4) is 0 Å². The Morgan fingerprint density at radius 1 is 1.17 bits per heavy atom. The molecule has 0 aliphatic carbocycles. The zero-order valence-corrected chi connectivity index (χ0v) is 19.4. The van der Waals surface area contributed by atoms with E-state index in [9.17, 15) is 0 Å². The molecule has 0 bridgehead atoms. The molecule has 7 heteroatoms. The second kappa shape index (κ2) is 8.30. The predicted molar refractivity (Wildman–Crippen MR) is 126 cm³/mol. The number of ether oxygens (including phenoxy) is 1. The highest BCUT2D eigenvalue weighted by atomic mass is 79.9. The minimum absolute atomic E-state index is 0.666. The Labute approximate surface area is 187 Å². The second-order valence-electron chi connectivity index (χ2n) is 6.59. The van der Waals surface area contributed by atoms with Crippen molar-refractivity contribution >= 4 is 60.6 Å². The fourth-order valence-electron chi connectivity index (χ4n) is 3.30. The molecule has 0 atom stereocenters. The summed E-state index contributed by atoms with van der Waals surface area (Å²) in [7, 11) is 1.63. The Morgan fingerprint density at radius 2 is 1.93 bits per heavy atom. The number of fused-ring (bicyclic) bond motifs is 1. The van der Waals surface area contributed by atoms with Gasteiger partial charge in [0.05, 0.1) is 18.2 Å². The van der Waals surface area contributed by atoms with Gasteiger partial charge in [-0.15, -0.1) is 11.3 Å². The van der Waals surface area contributed by atoms with E-state index in [-0.39, 0.29) is 0 Å². The molecule has 4 aromatic rings. The van der Waals surface area contributed by atoms with Crippen molar-refractivity contribution < 1.29 is 4.74 Å². The third-order valence-corrected chi connectivity index (χ3v) is 6.93. The van der Waals surface area contributed by atoms with Crippen LogP contribution in [0, 0.1) is 6.92 Å². The van der Waals surface area contributed by atoms with Gasteiger partial charge >= 0.3 is 0 Å². The highest BCUT2D eigenvalue weighted by Gasteiger charge is 2.19. The Bertz CT molecular complexity index is 1190. The molecule has 4 nitrogen and oxygen atoms in total. The first-order valence-corrected chi connectivity index (χ1v) is 11.1. The lowest BCUT2D eigenvalue weighted by atomic mass is 10.0. The van der Waals surface area contributed by atoms with Crippen LogP contribution in [0.1, 0.15) is 17.4 Å². The van der Waals surface area contributed by atoms with Gasteiger partial charge in [-0.05, 0) is 42.7 Å². The third kappa shape index (κ3) is 3.84. The first-order valence-electron chi connectivity index (χ1n) is 9.15. The van der Waals surface area contributed by atoms with Gasteiger partial charge in [-0.2, -0.15) is 0 Å². The van der Waals surface area contributed by atoms with Crippen LogP contribution in [0.4, 0.5) is 11.5 Å². The van der Waals surface area contributed by atoms with Crippen molar-refractivity contribution in [2.45, 2.75) is 20.3 Å². The molecule has 2 aromatic heterocycles. The zero-order chi connectivity index (χ0) is 20.5. The van der Waals surface area contributed by atoms with Crippen molar-refractivity contribution in [3.8, 4) is 16.9 Å². The first-order chi connectivity index (χ1) is 14.0. The number of nitrogens with one attached hydrogen (secondary N) is 1. The lowest BCUT2D eigenvalue weighted by Crippen LogP contribution is -1.99. The van der Waals surface area contributed by atoms with E-state index in [0.29, 0.717) is 10.8 Å². The highest BCUT2D eigenvalue weighted by molar-refractivity contribution is 9.10. The topological polar surface area (TPSA) is 47.0 Å². The van der Waals surface area contributed by atoms with Crippen LogP contribution >= 0.6 is 38.9 Å². The number of rotatable bonds is 5. The normalized spacial score (nSPS) is 11.1. The Kier molecular flexibility index (Phi) is 5.76. The number of halogens is 2. The number of hydrogen-bond donors (Lipinski definition) is 1. The summed E-state index contributed by atoms with van der Waals surface area (Å²) in [6.07, 6.45) is 2.52. The molecule has 0 fully saturated rings. The van der Waals surface area contributed by atoms with Gasteiger partial charge in [-0.25, -0.2) is 9.97 Å². The largest absolute Gasteiger partial charge is 0.495 e. The molecule has 148 valence electrons. The van der Waals surface area contributed by atoms with E-state index in [1.54, 1.807) is 24.8 Å². The van der Waals surface area contributed by atoms with Crippen molar-refractivity contribution in [3.05, 3.63) is 62.7 Å². The quantitative estimate of drug-likeness (QED) is 0.318. The van der Waals surface area contributed by atoms with Crippen LogP contribution in [0.25, 0.3) is 21.3 Å². The van der Waals surface area contributed by atoms with Crippen LogP contribution in [0.15, 0.2) is 47.2 Å². The van der Waals surface area contributed by atoms with Crippen LogP contribution in [0.2, 0.25) is 5.02 Å². The van der Waals surface area contributed by atoms with Gasteiger partial charge in [0.1, 0.15) is 22.7 Å². The Hall–Kier alpha value is -2.15. The molecule has 0 amide bonds. The summed E-state index contributed by atoms with van der Waals surface area (Å²) < 4.78 is 6.58. The van der Waals surface area contributed by atoms with E-state index in [0.717, 1.165) is 43.7 Å². The molecule has 4 rings (SSSR count). The van der Waals surface area contributed by atoms with Crippen molar-refractivity contribution in [2.24, 2.45) is 0 Å². The molecule has 2 aromatic carbocycles. The predicted octanol–water partition coefficient (Wildman–Crippen LogP) is 7.40. The highest BCUT2D eigenvalue weighted by Crippen LogP contribution is 2.43. The Morgan fingerprint density at radius 3 is 2.62 bits per heavy atom. The van der Waals surface area contributed by atoms with Gasteiger partial charge in [-0.3, -0.25) is 0 Å². The van der Waals surface area contributed by atoms with E-state index >= 15 is 0 Å². The standard InChI is InChI=1S/C22H19BrClN3OS/c1-4-18-19(13-5-7-14(23)8-6-13)20-21(25-11-26-22(20)29-18)27-16-9-12(2)15(24)10-17(16)28-3/h5-11H,4H2,1-3H3,(H,25,26,27). The molecule has 0 aliphatic rings. The summed E-state index contributed by atoms with van der Waals surface area (Å²) in [6, 6.07) is 12.1. The number of thiophene rings is 1. The Balaban J connectivity index is 1.91. The molecule has 1 N–H and O–H groups in total. The van der Waals surface area contributed by atoms with Gasteiger partial charge in [0.15, 0.2) is 0 Å². The molecule has 0 saturated heterocycles. The molecule has 0 unspecified atom stereocenters. The summed E-state index contributed by atoms with van der Waals surface area (Å²) in [6.45, 7) is 4.13. The van der Waals surface area contributed by atoms with Crippen LogP contribution in [0.5, 0.6) is 5.75 Å². The smallest absolute Gasteiger partial charge is 0.143 e. The van der Waals surface area contributed by atoms with Gasteiger partial charge in [0.25, 0.3) is 0 Å². The fourth-order valence-corrected chi connectivity index (χ4v) is 4.82. The lowest BCUT2D eigenvalue weighted by molar-refractivity contribution is 0.416. The number of methoxy groups -OCH3 is 1. The molecule has 0 radical (unpaired) electrons. The minimum Gasteiger partial charge on any atom is -0.495 e. The molecular weight excluding hydrogens is 470 g/mol. The number of aryl methyl sites for hydroxylation is 2. The molecule has 29 heavy (non-hydrogen) atoms. The van der Waals surface area contributed by atoms with Gasteiger partial charge < -0.3 is 10.1 Å². The van der Waals surface area contributed by atoms with E-state index in [1.165, 1.54) is 10.4 Å². The third-order valence-electron chi connectivity index (χ3n) is 4.75. The number of nitrogens with zero attached hydrogens (tertiary/aromatic N) is 2. The number of aromatic nitrogens is 2. The molecule has 0 spiro atoms. The maximum absolute atomic E-state index is 6.27. The minimum atomic E-state index is 0.666. The molecular formula is C22H19BrClN3OS. The average molecular weight is 489 g/mol. The summed E-state index contributed by atoms with van der Waals surface area (Å²) in [5.74, 6) is 1.42.